The molecule has 0 amide bonds. The smallest absolute Gasteiger partial charge is 0.438 e. The number of likely N-dealkylation sites (N-methyl/N-ethyl adjacent to an activating group) is 1. The van der Waals surface area contributed by atoms with Crippen molar-refractivity contribution in [3.8, 4) is 0 Å². The number of carbonyl (C=O) groups excluding carboxylic acids is 2. The van der Waals surface area contributed by atoms with Gasteiger partial charge in [0.1, 0.15) is 19.7 Å². The zero-order chi connectivity index (χ0) is 15.3. The van der Waals surface area contributed by atoms with Crippen molar-refractivity contribution in [1.29, 1.82) is 0 Å². The van der Waals surface area contributed by atoms with Gasteiger partial charge in [-0.15, -0.1) is 0 Å². The molecule has 5 nitrogen and oxygen atoms in total. The van der Waals surface area contributed by atoms with Crippen LogP contribution in [-0.4, -0.2) is 55.9 Å². The quantitative estimate of drug-likeness (QED) is 0.371. The van der Waals surface area contributed by atoms with Gasteiger partial charge in [0.05, 0.1) is 13.0 Å². The van der Waals surface area contributed by atoms with Gasteiger partial charge >= 0.3 is 12.1 Å². The number of alkyl halides is 3. The van der Waals surface area contributed by atoms with Crippen LogP contribution in [0.25, 0.3) is 0 Å². The summed E-state index contributed by atoms with van der Waals surface area (Å²) in [7, 11) is 1.11. The van der Waals surface area contributed by atoms with E-state index >= 15 is 0 Å². The number of carboxylic acids is 1. The Morgan fingerprint density at radius 2 is 1.89 bits per heavy atom. The Labute approximate surface area is 108 Å². The first-order valence-corrected chi connectivity index (χ1v) is 5.38. The number of esters is 1. The summed E-state index contributed by atoms with van der Waals surface area (Å²) in [6.45, 7) is 1.94. The van der Waals surface area contributed by atoms with Gasteiger partial charge in [0.15, 0.2) is 6.54 Å². The summed E-state index contributed by atoms with van der Waals surface area (Å²) in [6.07, 6.45) is -4.53. The zero-order valence-corrected chi connectivity index (χ0v) is 10.7. The topological polar surface area (TPSA) is 66.4 Å². The molecule has 0 aliphatic rings. The van der Waals surface area contributed by atoms with E-state index in [9.17, 15) is 27.9 Å². The Bertz CT molecular complexity index is 367. The second-order valence-corrected chi connectivity index (χ2v) is 4.56. The molecule has 0 rings (SSSR count). The van der Waals surface area contributed by atoms with E-state index in [0.717, 1.165) is 7.05 Å². The van der Waals surface area contributed by atoms with Gasteiger partial charge in [-0.2, -0.15) is 13.2 Å². The third kappa shape index (κ3) is 8.20. The van der Waals surface area contributed by atoms with Crippen LogP contribution in [0.4, 0.5) is 13.2 Å². The average Bonchev–Trinajstić information content (AvgIpc) is 2.11. The van der Waals surface area contributed by atoms with Crippen LogP contribution in [0.5, 0.6) is 0 Å². The molecule has 0 aliphatic heterocycles. The molecule has 0 bridgehead atoms. The largest absolute Gasteiger partial charge is 0.544 e. The van der Waals surface area contributed by atoms with Gasteiger partial charge in [-0.25, -0.2) is 4.79 Å². The van der Waals surface area contributed by atoms with Gasteiger partial charge in [0.25, 0.3) is 0 Å². The summed E-state index contributed by atoms with van der Waals surface area (Å²) in [4.78, 5) is 21.5. The summed E-state index contributed by atoms with van der Waals surface area (Å²) in [6, 6.07) is 0. The molecular weight excluding hydrogens is 267 g/mol. The van der Waals surface area contributed by atoms with E-state index in [2.05, 4.69) is 11.3 Å². The lowest BCUT2D eigenvalue weighted by Crippen LogP contribution is -2.56. The molecule has 0 aromatic carbocycles. The van der Waals surface area contributed by atoms with Crippen LogP contribution in [0.1, 0.15) is 6.92 Å². The average molecular weight is 283 g/mol. The predicted octanol–water partition coefficient (Wildman–Crippen LogP) is -0.135. The van der Waals surface area contributed by atoms with E-state index in [0.29, 0.717) is 0 Å². The molecule has 1 atom stereocenters. The highest BCUT2D eigenvalue weighted by atomic mass is 19.4. The van der Waals surface area contributed by atoms with Crippen LogP contribution in [-0.2, 0) is 14.3 Å². The highest BCUT2D eigenvalue weighted by molar-refractivity contribution is 5.86. The van der Waals surface area contributed by atoms with Gasteiger partial charge in [-0.05, 0) is 6.92 Å². The Hall–Kier alpha value is -1.57. The molecule has 0 aromatic heterocycles. The maximum atomic E-state index is 12.4. The highest BCUT2D eigenvalue weighted by Gasteiger charge is 2.39. The van der Waals surface area contributed by atoms with Crippen LogP contribution >= 0.6 is 0 Å². The van der Waals surface area contributed by atoms with Crippen LogP contribution in [0.15, 0.2) is 12.2 Å². The third-order valence-corrected chi connectivity index (χ3v) is 2.28. The molecule has 0 N–H and O–H groups in total. The van der Waals surface area contributed by atoms with Crippen LogP contribution < -0.4 is 5.11 Å². The number of halogens is 3. The Balaban J connectivity index is 4.55. The number of quaternary nitrogens is 1. The number of aliphatic carboxylic acids is 1. The van der Waals surface area contributed by atoms with Gasteiger partial charge in [-0.3, -0.25) is 0 Å². The lowest BCUT2D eigenvalue weighted by atomic mass is 10.3. The monoisotopic (exact) mass is 283 g/mol. The third-order valence-electron chi connectivity index (χ3n) is 2.28. The van der Waals surface area contributed by atoms with Gasteiger partial charge in [0.2, 0.25) is 0 Å². The molecule has 0 saturated carbocycles. The molecule has 110 valence electrons. The first-order valence-electron chi connectivity index (χ1n) is 5.38. The SMILES string of the molecule is C=C(C)C(=O)OCC[N+](C)(CC(=O)[O-])CC(F)(F)F. The van der Waals surface area contributed by atoms with Crippen LogP contribution in [0.3, 0.4) is 0 Å². The first-order chi connectivity index (χ1) is 8.45. The van der Waals surface area contributed by atoms with Crippen molar-refractivity contribution >= 4 is 11.9 Å². The number of carboxylic acid groups (broad SMARTS) is 1. The molecule has 0 radical (unpaired) electrons. The molecule has 0 aromatic rings. The van der Waals surface area contributed by atoms with Crippen molar-refractivity contribution in [3.05, 3.63) is 12.2 Å². The summed E-state index contributed by atoms with van der Waals surface area (Å²) < 4.78 is 40.9. The minimum atomic E-state index is -4.53. The second kappa shape index (κ2) is 6.55. The van der Waals surface area contributed by atoms with Crippen molar-refractivity contribution in [2.45, 2.75) is 13.1 Å². The minimum absolute atomic E-state index is 0.116. The van der Waals surface area contributed by atoms with Crippen molar-refractivity contribution < 1.29 is 37.1 Å². The van der Waals surface area contributed by atoms with Crippen molar-refractivity contribution in [3.63, 3.8) is 0 Å². The van der Waals surface area contributed by atoms with E-state index in [1.807, 2.05) is 0 Å². The fraction of sp³-hybridized carbons (Fsp3) is 0.636. The summed E-state index contributed by atoms with van der Waals surface area (Å²) >= 11 is 0. The zero-order valence-electron chi connectivity index (χ0n) is 10.7. The van der Waals surface area contributed by atoms with Crippen molar-refractivity contribution in [2.24, 2.45) is 0 Å². The number of hydrogen-bond donors (Lipinski definition) is 0. The van der Waals surface area contributed by atoms with Crippen LogP contribution in [0, 0.1) is 0 Å². The summed E-state index contributed by atoms with van der Waals surface area (Å²) in [5.74, 6) is -2.33. The molecule has 19 heavy (non-hydrogen) atoms. The number of ether oxygens (including phenoxy) is 1. The molecule has 0 heterocycles. The minimum Gasteiger partial charge on any atom is -0.544 e. The van der Waals surface area contributed by atoms with Gasteiger partial charge in [0, 0.05) is 5.57 Å². The number of carbonyl (C=O) groups is 2. The van der Waals surface area contributed by atoms with Crippen molar-refractivity contribution in [2.75, 3.05) is 33.3 Å². The van der Waals surface area contributed by atoms with Gasteiger partial charge in [-0.1, -0.05) is 6.58 Å². The van der Waals surface area contributed by atoms with E-state index < -0.39 is 35.7 Å². The number of rotatable bonds is 7. The Morgan fingerprint density at radius 1 is 1.37 bits per heavy atom. The molecule has 0 fully saturated rings. The highest BCUT2D eigenvalue weighted by Crippen LogP contribution is 2.20. The lowest BCUT2D eigenvalue weighted by Gasteiger charge is -2.35. The Morgan fingerprint density at radius 3 is 2.26 bits per heavy atom. The van der Waals surface area contributed by atoms with Crippen LogP contribution in [0.2, 0.25) is 0 Å². The molecule has 0 spiro atoms. The van der Waals surface area contributed by atoms with E-state index in [4.69, 9.17) is 0 Å². The fourth-order valence-electron chi connectivity index (χ4n) is 1.44. The number of hydrogen-bond acceptors (Lipinski definition) is 4. The molecule has 8 heteroatoms. The van der Waals surface area contributed by atoms with Gasteiger partial charge < -0.3 is 19.1 Å². The maximum absolute atomic E-state index is 12.4. The molecule has 0 saturated heterocycles. The van der Waals surface area contributed by atoms with Crippen molar-refractivity contribution in [1.82, 2.24) is 0 Å². The fourth-order valence-corrected chi connectivity index (χ4v) is 1.44. The maximum Gasteiger partial charge on any atom is 0.438 e. The van der Waals surface area contributed by atoms with E-state index in [-0.39, 0.29) is 18.7 Å². The molecule has 0 aliphatic carbocycles. The summed E-state index contributed by atoms with van der Waals surface area (Å²) in [5.41, 5.74) is 0.116. The second-order valence-electron chi connectivity index (χ2n) is 4.56. The first kappa shape index (κ1) is 17.4. The van der Waals surface area contributed by atoms with E-state index in [1.54, 1.807) is 0 Å². The lowest BCUT2D eigenvalue weighted by molar-refractivity contribution is -0.913. The van der Waals surface area contributed by atoms with E-state index in [1.165, 1.54) is 6.92 Å². The predicted molar refractivity (Wildman–Crippen MR) is 57.6 cm³/mol. The Kier molecular flexibility index (Phi) is 6.01. The standard InChI is InChI=1S/C11H16F3NO4/c1-8(2)10(18)19-5-4-15(3,6-9(16)17)7-11(12,13)14/h1,4-7H2,2-3H3. The number of nitrogens with zero attached hydrogens (tertiary/aromatic N) is 1. The molecule has 1 unspecified atom stereocenters. The normalized spacial score (nSPS) is 14.6. The molecular formula is C11H16F3NO4. The summed E-state index contributed by atoms with van der Waals surface area (Å²) in [5, 5.41) is 10.5.